The summed E-state index contributed by atoms with van der Waals surface area (Å²) in [6.07, 6.45) is 6.40. The van der Waals surface area contributed by atoms with Crippen molar-refractivity contribution < 1.29 is 14.3 Å². The number of ether oxygens (including phenoxy) is 1. The van der Waals surface area contributed by atoms with Crippen LogP contribution in [0.3, 0.4) is 0 Å². The first-order chi connectivity index (χ1) is 13.6. The van der Waals surface area contributed by atoms with Gasteiger partial charge in [-0.05, 0) is 42.9 Å². The fraction of sp³-hybridized carbons (Fsp3) is 0.565. The van der Waals surface area contributed by atoms with Crippen molar-refractivity contribution in [1.29, 1.82) is 0 Å². The predicted octanol–water partition coefficient (Wildman–Crippen LogP) is 4.09. The SMILES string of the molecule is CCCCCCN1C(=O)C(c2ccc(OC)cc2)=C(N2CCCC(C)C2)C1=O. The number of rotatable bonds is 8. The predicted molar refractivity (Wildman–Crippen MR) is 111 cm³/mol. The summed E-state index contributed by atoms with van der Waals surface area (Å²) in [5, 5.41) is 0. The number of nitrogens with zero attached hydrogens (tertiary/aromatic N) is 2. The molecular formula is C23H32N2O3. The van der Waals surface area contributed by atoms with Crippen LogP contribution in [0.1, 0.15) is 57.9 Å². The Morgan fingerprint density at radius 1 is 1.07 bits per heavy atom. The van der Waals surface area contributed by atoms with Crippen molar-refractivity contribution in [2.75, 3.05) is 26.7 Å². The minimum Gasteiger partial charge on any atom is -0.497 e. The number of amides is 2. The number of piperidine rings is 1. The molecule has 5 heteroatoms. The average molecular weight is 385 g/mol. The molecule has 1 aromatic rings. The number of carbonyl (C=O) groups is 2. The van der Waals surface area contributed by atoms with Gasteiger partial charge in [-0.2, -0.15) is 0 Å². The first-order valence-electron chi connectivity index (χ1n) is 10.6. The zero-order valence-corrected chi connectivity index (χ0v) is 17.4. The van der Waals surface area contributed by atoms with Crippen molar-refractivity contribution in [1.82, 2.24) is 9.80 Å². The highest BCUT2D eigenvalue weighted by Gasteiger charge is 2.41. The molecule has 2 amide bonds. The van der Waals surface area contributed by atoms with Gasteiger partial charge in [-0.1, -0.05) is 45.2 Å². The van der Waals surface area contributed by atoms with Gasteiger partial charge in [0.15, 0.2) is 0 Å². The van der Waals surface area contributed by atoms with Crippen molar-refractivity contribution in [2.45, 2.75) is 52.4 Å². The second-order valence-electron chi connectivity index (χ2n) is 7.97. The van der Waals surface area contributed by atoms with Crippen molar-refractivity contribution >= 4 is 17.4 Å². The highest BCUT2D eigenvalue weighted by Crippen LogP contribution is 2.34. The van der Waals surface area contributed by atoms with Crippen LogP contribution in [0.5, 0.6) is 5.75 Å². The highest BCUT2D eigenvalue weighted by molar-refractivity contribution is 6.35. The normalized spacial score (nSPS) is 20.3. The molecule has 1 aromatic carbocycles. The summed E-state index contributed by atoms with van der Waals surface area (Å²) in [6, 6.07) is 7.46. The number of hydrogen-bond acceptors (Lipinski definition) is 4. The summed E-state index contributed by atoms with van der Waals surface area (Å²) in [4.78, 5) is 30.1. The lowest BCUT2D eigenvalue weighted by atomic mass is 9.98. The van der Waals surface area contributed by atoms with E-state index >= 15 is 0 Å². The monoisotopic (exact) mass is 384 g/mol. The van der Waals surface area contributed by atoms with E-state index < -0.39 is 0 Å². The lowest BCUT2D eigenvalue weighted by Crippen LogP contribution is -2.39. The van der Waals surface area contributed by atoms with Gasteiger partial charge >= 0.3 is 0 Å². The van der Waals surface area contributed by atoms with Gasteiger partial charge in [0, 0.05) is 19.6 Å². The van der Waals surface area contributed by atoms with Crippen LogP contribution in [0.2, 0.25) is 0 Å². The van der Waals surface area contributed by atoms with E-state index in [9.17, 15) is 9.59 Å². The Hall–Kier alpha value is -2.30. The van der Waals surface area contributed by atoms with Crippen LogP contribution in [0.15, 0.2) is 30.0 Å². The molecule has 1 saturated heterocycles. The number of likely N-dealkylation sites (tertiary alicyclic amines) is 1. The van der Waals surface area contributed by atoms with Crippen molar-refractivity contribution in [2.24, 2.45) is 5.92 Å². The van der Waals surface area contributed by atoms with Gasteiger partial charge in [0.2, 0.25) is 0 Å². The zero-order chi connectivity index (χ0) is 20.1. The van der Waals surface area contributed by atoms with Crippen LogP contribution in [-0.2, 0) is 9.59 Å². The van der Waals surface area contributed by atoms with E-state index in [-0.39, 0.29) is 11.8 Å². The smallest absolute Gasteiger partial charge is 0.277 e. The molecule has 0 spiro atoms. The fourth-order valence-electron chi connectivity index (χ4n) is 4.17. The molecule has 28 heavy (non-hydrogen) atoms. The molecule has 2 aliphatic heterocycles. The molecule has 152 valence electrons. The van der Waals surface area contributed by atoms with Gasteiger partial charge in [-0.15, -0.1) is 0 Å². The summed E-state index contributed by atoms with van der Waals surface area (Å²) < 4.78 is 5.25. The first kappa shape index (κ1) is 20.4. The molecule has 0 radical (unpaired) electrons. The number of carbonyl (C=O) groups excluding carboxylic acids is 2. The summed E-state index contributed by atoms with van der Waals surface area (Å²) in [7, 11) is 1.62. The lowest BCUT2D eigenvalue weighted by Gasteiger charge is -2.33. The molecule has 0 aromatic heterocycles. The van der Waals surface area contributed by atoms with E-state index in [1.165, 1.54) is 11.3 Å². The van der Waals surface area contributed by atoms with Crippen LogP contribution in [0, 0.1) is 5.92 Å². The maximum Gasteiger partial charge on any atom is 0.277 e. The Kier molecular flexibility index (Phi) is 6.76. The van der Waals surface area contributed by atoms with E-state index in [1.54, 1.807) is 7.11 Å². The summed E-state index contributed by atoms with van der Waals surface area (Å²) in [5.41, 5.74) is 1.94. The third-order valence-electron chi connectivity index (χ3n) is 5.73. The van der Waals surface area contributed by atoms with Crippen molar-refractivity contribution in [3.05, 3.63) is 35.5 Å². The first-order valence-corrected chi connectivity index (χ1v) is 10.6. The van der Waals surface area contributed by atoms with E-state index in [2.05, 4.69) is 18.7 Å². The van der Waals surface area contributed by atoms with Crippen molar-refractivity contribution in [3.63, 3.8) is 0 Å². The van der Waals surface area contributed by atoms with E-state index in [1.807, 2.05) is 24.3 Å². The molecule has 2 heterocycles. The van der Waals surface area contributed by atoms with Gasteiger partial charge in [-0.3, -0.25) is 14.5 Å². The maximum absolute atomic E-state index is 13.3. The molecule has 0 saturated carbocycles. The summed E-state index contributed by atoms with van der Waals surface area (Å²) >= 11 is 0. The quantitative estimate of drug-likeness (QED) is 0.500. The number of methoxy groups -OCH3 is 1. The van der Waals surface area contributed by atoms with Crippen LogP contribution >= 0.6 is 0 Å². The van der Waals surface area contributed by atoms with Gasteiger partial charge in [0.1, 0.15) is 11.4 Å². The van der Waals surface area contributed by atoms with Gasteiger partial charge in [0.25, 0.3) is 11.8 Å². The molecule has 1 fully saturated rings. The van der Waals surface area contributed by atoms with Crippen LogP contribution in [0.4, 0.5) is 0 Å². The molecule has 0 bridgehead atoms. The third-order valence-corrected chi connectivity index (χ3v) is 5.73. The summed E-state index contributed by atoms with van der Waals surface area (Å²) in [5.74, 6) is 0.992. The van der Waals surface area contributed by atoms with Crippen LogP contribution in [-0.4, -0.2) is 48.4 Å². The molecule has 1 atom stereocenters. The minimum absolute atomic E-state index is 0.124. The Labute approximate surface area is 168 Å². The number of unbranched alkanes of at least 4 members (excludes halogenated alkanes) is 3. The Bertz CT molecular complexity index is 739. The molecule has 3 rings (SSSR count). The van der Waals surface area contributed by atoms with Crippen molar-refractivity contribution in [3.8, 4) is 5.75 Å². The third kappa shape index (κ3) is 4.23. The number of benzene rings is 1. The van der Waals surface area contributed by atoms with Gasteiger partial charge < -0.3 is 9.64 Å². The molecule has 0 aliphatic carbocycles. The second kappa shape index (κ2) is 9.26. The molecular weight excluding hydrogens is 352 g/mol. The lowest BCUT2D eigenvalue weighted by molar-refractivity contribution is -0.137. The van der Waals surface area contributed by atoms with Crippen LogP contribution in [0.25, 0.3) is 5.57 Å². The summed E-state index contributed by atoms with van der Waals surface area (Å²) in [6.45, 7) is 6.54. The minimum atomic E-state index is -0.153. The van der Waals surface area contributed by atoms with Gasteiger partial charge in [-0.25, -0.2) is 0 Å². The van der Waals surface area contributed by atoms with E-state index in [4.69, 9.17) is 4.74 Å². The average Bonchev–Trinajstić information content (AvgIpc) is 2.95. The van der Waals surface area contributed by atoms with Gasteiger partial charge in [0.05, 0.1) is 12.7 Å². The topological polar surface area (TPSA) is 49.9 Å². The largest absolute Gasteiger partial charge is 0.497 e. The number of imide groups is 1. The molecule has 5 nitrogen and oxygen atoms in total. The molecule has 2 aliphatic rings. The Morgan fingerprint density at radius 2 is 1.82 bits per heavy atom. The Balaban J connectivity index is 1.92. The fourth-order valence-corrected chi connectivity index (χ4v) is 4.17. The molecule has 1 unspecified atom stereocenters. The number of hydrogen-bond donors (Lipinski definition) is 0. The van der Waals surface area contributed by atoms with Crippen LogP contribution < -0.4 is 4.74 Å². The highest BCUT2D eigenvalue weighted by atomic mass is 16.5. The van der Waals surface area contributed by atoms with E-state index in [0.29, 0.717) is 23.7 Å². The molecule has 0 N–H and O–H groups in total. The van der Waals surface area contributed by atoms with E-state index in [0.717, 1.165) is 56.5 Å². The standard InChI is InChI=1S/C23H32N2O3/c1-4-5-6-7-15-25-22(26)20(18-10-12-19(28-3)13-11-18)21(23(25)27)24-14-8-9-17(2)16-24/h10-13,17H,4-9,14-16H2,1-3H3. The second-order valence-corrected chi connectivity index (χ2v) is 7.97. The Morgan fingerprint density at radius 3 is 2.46 bits per heavy atom. The zero-order valence-electron chi connectivity index (χ0n) is 17.4. The maximum atomic E-state index is 13.3.